The smallest absolute Gasteiger partial charge is 0.162 e. The number of allylic oxidation sites excluding steroid dienone is 3. The number of nitriles is 1. The highest BCUT2D eigenvalue weighted by Crippen LogP contribution is 2.51. The van der Waals surface area contributed by atoms with Crippen molar-refractivity contribution in [1.29, 1.82) is 5.26 Å². The number of Topliss-reactive ketones (excluding diaryl/α,β-unsaturated/α-hetero) is 1. The van der Waals surface area contributed by atoms with E-state index in [0.717, 1.165) is 39.2 Å². The standard InChI is InChI=1S/C34H33ClFN3O2/c1-19-12-22(18-41-25-10-8-24(36)9-11-25)21(3)26(13-19)31-27(17-37)33(38)39(28-14-23(35)7-6-20(28)2)29-15-34(4,5)16-30(40)32(29)31/h6-14,31H,15-16,18,38H2,1-5H3. The Hall–Kier alpha value is -4.08. The van der Waals surface area contributed by atoms with Crippen LogP contribution in [0.2, 0.25) is 5.02 Å². The molecule has 2 N–H and O–H groups in total. The van der Waals surface area contributed by atoms with Gasteiger partial charge in [-0.3, -0.25) is 9.69 Å². The van der Waals surface area contributed by atoms with Gasteiger partial charge in [0, 0.05) is 22.7 Å². The number of nitrogens with zero attached hydrogens (tertiary/aromatic N) is 2. The van der Waals surface area contributed by atoms with Gasteiger partial charge in [-0.25, -0.2) is 4.39 Å². The molecule has 1 atom stereocenters. The van der Waals surface area contributed by atoms with Crippen molar-refractivity contribution < 1.29 is 13.9 Å². The zero-order valence-corrected chi connectivity index (χ0v) is 24.7. The molecular weight excluding hydrogens is 537 g/mol. The molecule has 0 spiro atoms. The van der Waals surface area contributed by atoms with Gasteiger partial charge in [-0.05, 0) is 91.3 Å². The first kappa shape index (κ1) is 28.4. The minimum atomic E-state index is -0.612. The third-order valence-electron chi connectivity index (χ3n) is 8.01. The number of carbonyl (C=O) groups is 1. The SMILES string of the molecule is Cc1cc(COc2ccc(F)cc2)c(C)c(C2C(C#N)=C(N)N(c3cc(Cl)ccc3C)C3=C2C(=O)CC(C)(C)C3)c1. The van der Waals surface area contributed by atoms with Gasteiger partial charge < -0.3 is 10.5 Å². The molecule has 41 heavy (non-hydrogen) atoms. The summed E-state index contributed by atoms with van der Waals surface area (Å²) in [5, 5.41) is 11.1. The lowest BCUT2D eigenvalue weighted by Crippen LogP contribution is -2.42. The molecule has 2 aliphatic rings. The molecule has 210 valence electrons. The fourth-order valence-electron chi connectivity index (χ4n) is 6.02. The number of nitrogens with two attached hydrogens (primary N) is 1. The maximum atomic E-state index is 14.0. The van der Waals surface area contributed by atoms with E-state index in [1.807, 2.05) is 56.0 Å². The van der Waals surface area contributed by atoms with Gasteiger partial charge in [-0.1, -0.05) is 49.2 Å². The van der Waals surface area contributed by atoms with Gasteiger partial charge in [0.1, 0.15) is 24.0 Å². The first-order valence-electron chi connectivity index (χ1n) is 13.6. The van der Waals surface area contributed by atoms with Crippen LogP contribution in [-0.2, 0) is 11.4 Å². The van der Waals surface area contributed by atoms with Gasteiger partial charge in [0.2, 0.25) is 0 Å². The summed E-state index contributed by atoms with van der Waals surface area (Å²) < 4.78 is 19.4. The van der Waals surface area contributed by atoms with Crippen LogP contribution in [-0.4, -0.2) is 5.78 Å². The number of hydrogen-bond acceptors (Lipinski definition) is 5. The van der Waals surface area contributed by atoms with E-state index in [4.69, 9.17) is 22.1 Å². The summed E-state index contributed by atoms with van der Waals surface area (Å²) in [7, 11) is 0. The van der Waals surface area contributed by atoms with Gasteiger partial charge in [0.15, 0.2) is 5.78 Å². The lowest BCUT2D eigenvalue weighted by atomic mass is 9.67. The Kier molecular flexibility index (Phi) is 7.44. The topological polar surface area (TPSA) is 79.3 Å². The van der Waals surface area contributed by atoms with Crippen LogP contribution in [0, 0.1) is 43.3 Å². The molecule has 5 nitrogen and oxygen atoms in total. The molecule has 5 rings (SSSR count). The van der Waals surface area contributed by atoms with E-state index in [0.29, 0.717) is 40.6 Å². The number of ether oxygens (including phenoxy) is 1. The molecule has 0 radical (unpaired) electrons. The fourth-order valence-corrected chi connectivity index (χ4v) is 6.19. The first-order valence-corrected chi connectivity index (χ1v) is 14.0. The molecule has 7 heteroatoms. The third-order valence-corrected chi connectivity index (χ3v) is 8.25. The van der Waals surface area contributed by atoms with Crippen LogP contribution in [0.1, 0.15) is 60.4 Å². The summed E-state index contributed by atoms with van der Waals surface area (Å²) in [5.74, 6) is -0.0776. The lowest BCUT2D eigenvalue weighted by Gasteiger charge is -2.44. The van der Waals surface area contributed by atoms with Gasteiger partial charge in [-0.15, -0.1) is 0 Å². The average molecular weight is 570 g/mol. The van der Waals surface area contributed by atoms with E-state index in [-0.39, 0.29) is 23.6 Å². The summed E-state index contributed by atoms with van der Waals surface area (Å²) in [4.78, 5) is 15.9. The Morgan fingerprint density at radius 1 is 1.10 bits per heavy atom. The fraction of sp³-hybridized carbons (Fsp3) is 0.294. The third kappa shape index (κ3) is 5.35. The summed E-state index contributed by atoms with van der Waals surface area (Å²) in [6, 6.07) is 17.9. The molecule has 1 aliphatic carbocycles. The average Bonchev–Trinajstić information content (AvgIpc) is 2.90. The van der Waals surface area contributed by atoms with Crippen LogP contribution < -0.4 is 15.4 Å². The van der Waals surface area contributed by atoms with Crippen LogP contribution in [0.3, 0.4) is 0 Å². The number of anilines is 1. The zero-order valence-electron chi connectivity index (χ0n) is 23.9. The molecular formula is C34H33ClFN3O2. The second kappa shape index (κ2) is 10.7. The Balaban J connectivity index is 1.69. The highest BCUT2D eigenvalue weighted by atomic mass is 35.5. The number of benzene rings is 3. The van der Waals surface area contributed by atoms with E-state index in [9.17, 15) is 14.4 Å². The highest BCUT2D eigenvalue weighted by molar-refractivity contribution is 6.30. The second-order valence-electron chi connectivity index (χ2n) is 11.8. The number of aryl methyl sites for hydroxylation is 2. The van der Waals surface area contributed by atoms with Crippen LogP contribution in [0.25, 0.3) is 0 Å². The maximum Gasteiger partial charge on any atom is 0.162 e. The van der Waals surface area contributed by atoms with Crippen molar-refractivity contribution in [3.63, 3.8) is 0 Å². The largest absolute Gasteiger partial charge is 0.489 e. The Morgan fingerprint density at radius 2 is 1.80 bits per heavy atom. The van der Waals surface area contributed by atoms with E-state index in [1.54, 1.807) is 12.1 Å². The molecule has 1 heterocycles. The normalized spacial score (nSPS) is 18.3. The summed E-state index contributed by atoms with van der Waals surface area (Å²) in [5.41, 5.74) is 13.7. The van der Waals surface area contributed by atoms with Crippen molar-refractivity contribution in [2.75, 3.05) is 4.90 Å². The summed E-state index contributed by atoms with van der Waals surface area (Å²) in [6.45, 7) is 10.3. The summed E-state index contributed by atoms with van der Waals surface area (Å²) >= 11 is 6.41. The second-order valence-corrected chi connectivity index (χ2v) is 12.2. The number of halogens is 2. The quantitative estimate of drug-likeness (QED) is 0.337. The van der Waals surface area contributed by atoms with Crippen molar-refractivity contribution >= 4 is 23.1 Å². The number of hydrogen-bond donors (Lipinski definition) is 1. The van der Waals surface area contributed by atoms with Crippen molar-refractivity contribution in [2.45, 2.75) is 60.0 Å². The monoisotopic (exact) mass is 569 g/mol. The van der Waals surface area contributed by atoms with E-state index < -0.39 is 5.92 Å². The molecule has 0 saturated carbocycles. The Labute approximate surface area is 245 Å². The van der Waals surface area contributed by atoms with Crippen LogP contribution >= 0.6 is 11.6 Å². The van der Waals surface area contributed by atoms with Crippen molar-refractivity contribution in [1.82, 2.24) is 0 Å². The molecule has 0 saturated heterocycles. The maximum absolute atomic E-state index is 14.0. The minimum Gasteiger partial charge on any atom is -0.489 e. The van der Waals surface area contributed by atoms with Gasteiger partial charge in [0.25, 0.3) is 0 Å². The molecule has 3 aromatic carbocycles. The van der Waals surface area contributed by atoms with Gasteiger partial charge in [0.05, 0.1) is 23.2 Å². The zero-order chi connectivity index (χ0) is 29.6. The lowest BCUT2D eigenvalue weighted by molar-refractivity contribution is -0.118. The molecule has 0 amide bonds. The van der Waals surface area contributed by atoms with Crippen molar-refractivity contribution in [3.8, 4) is 11.8 Å². The minimum absolute atomic E-state index is 0.0104. The van der Waals surface area contributed by atoms with Gasteiger partial charge in [-0.2, -0.15) is 5.26 Å². The Morgan fingerprint density at radius 3 is 2.49 bits per heavy atom. The number of ketones is 1. The summed E-state index contributed by atoms with van der Waals surface area (Å²) in [6.07, 6.45) is 0.982. The van der Waals surface area contributed by atoms with Crippen LogP contribution in [0.4, 0.5) is 10.1 Å². The highest BCUT2D eigenvalue weighted by Gasteiger charge is 2.45. The number of rotatable bonds is 5. The molecule has 1 unspecified atom stereocenters. The molecule has 0 bridgehead atoms. The molecule has 0 fully saturated rings. The van der Waals surface area contributed by atoms with Crippen LogP contribution in [0.5, 0.6) is 5.75 Å². The molecule has 3 aromatic rings. The van der Waals surface area contributed by atoms with E-state index in [1.165, 1.54) is 12.1 Å². The molecule has 1 aliphatic heterocycles. The number of carbonyl (C=O) groups excluding carboxylic acids is 1. The first-order chi connectivity index (χ1) is 19.4. The Bertz CT molecular complexity index is 1660. The predicted molar refractivity (Wildman–Crippen MR) is 160 cm³/mol. The van der Waals surface area contributed by atoms with Gasteiger partial charge >= 0.3 is 0 Å². The molecule has 0 aromatic heterocycles. The van der Waals surface area contributed by atoms with E-state index in [2.05, 4.69) is 19.9 Å². The van der Waals surface area contributed by atoms with E-state index >= 15 is 0 Å². The van der Waals surface area contributed by atoms with Crippen molar-refractivity contribution in [2.24, 2.45) is 11.1 Å². The van der Waals surface area contributed by atoms with Crippen LogP contribution in [0.15, 0.2) is 77.3 Å². The van der Waals surface area contributed by atoms with Crippen molar-refractivity contribution in [3.05, 3.63) is 116 Å². The predicted octanol–water partition coefficient (Wildman–Crippen LogP) is 7.92.